The molecule has 0 radical (unpaired) electrons. The lowest BCUT2D eigenvalue weighted by molar-refractivity contribution is -0.133. The van der Waals surface area contributed by atoms with Gasteiger partial charge in [-0.15, -0.1) is 11.8 Å². The largest absolute Gasteiger partial charge is 0.481 e. The Balaban J connectivity index is 1.82. The Morgan fingerprint density at radius 1 is 1.00 bits per heavy atom. The van der Waals surface area contributed by atoms with Gasteiger partial charge >= 0.3 is 5.97 Å². The third-order valence-electron chi connectivity index (χ3n) is 4.93. The lowest BCUT2D eigenvalue weighted by Gasteiger charge is -2.18. The number of nitriles is 1. The molecule has 3 aromatic carbocycles. The van der Waals surface area contributed by atoms with Crippen molar-refractivity contribution in [3.05, 3.63) is 101 Å². The molecule has 1 atom stereocenters. The van der Waals surface area contributed by atoms with Crippen LogP contribution in [-0.2, 0) is 4.79 Å². The van der Waals surface area contributed by atoms with E-state index in [1.807, 2.05) is 72.8 Å². The minimum atomic E-state index is -0.935. The minimum Gasteiger partial charge on any atom is -0.481 e. The van der Waals surface area contributed by atoms with Gasteiger partial charge in [-0.3, -0.25) is 4.79 Å². The van der Waals surface area contributed by atoms with Gasteiger partial charge in [-0.25, -0.2) is 0 Å². The molecule has 0 unspecified atom stereocenters. The first-order chi connectivity index (χ1) is 16.1. The maximum absolute atomic E-state index is 11.2. The van der Waals surface area contributed by atoms with Gasteiger partial charge in [0.15, 0.2) is 0 Å². The minimum absolute atomic E-state index is 0.125. The summed E-state index contributed by atoms with van der Waals surface area (Å²) in [7, 11) is 0. The molecule has 0 bridgehead atoms. The molecule has 0 saturated carbocycles. The van der Waals surface area contributed by atoms with Crippen molar-refractivity contribution in [3.63, 3.8) is 0 Å². The Kier molecular flexibility index (Phi) is 7.04. The monoisotopic (exact) mass is 474 g/mol. The lowest BCUT2D eigenvalue weighted by atomic mass is 9.98. The molecular weight excluding hydrogens is 456 g/mol. The quantitative estimate of drug-likeness (QED) is 0.266. The van der Waals surface area contributed by atoms with Crippen LogP contribution < -0.4 is 5.32 Å². The summed E-state index contributed by atoms with van der Waals surface area (Å²) < 4.78 is 6.24. The summed E-state index contributed by atoms with van der Waals surface area (Å²) >= 11 is 7.21. The first-order valence-electron chi connectivity index (χ1n) is 10.1. The number of thioether (sulfide) groups is 1. The fraction of sp³-hybridized carbons (Fsp3) is 0.0769. The number of rotatable bonds is 8. The average molecular weight is 475 g/mol. The second-order valence-electron chi connectivity index (χ2n) is 7.13. The molecule has 7 heteroatoms. The van der Waals surface area contributed by atoms with E-state index in [0.717, 1.165) is 16.7 Å². The standard InChI is InChI=1S/C26H19ClN2O3S/c27-20-13-11-19(12-14-20)26(33-16-22(30)31)29-25-21(15-28)23(17-7-3-1-4-8-17)24(32-25)18-9-5-2-6-10-18/h1-14,26,29H,16H2,(H,30,31)/t26-/m1/s1. The van der Waals surface area contributed by atoms with Crippen LogP contribution in [0.25, 0.3) is 22.5 Å². The zero-order valence-electron chi connectivity index (χ0n) is 17.4. The summed E-state index contributed by atoms with van der Waals surface area (Å²) in [5.74, 6) is -0.206. The van der Waals surface area contributed by atoms with Crippen LogP contribution in [0.2, 0.25) is 5.02 Å². The molecule has 33 heavy (non-hydrogen) atoms. The lowest BCUT2D eigenvalue weighted by Crippen LogP contribution is -2.11. The molecule has 0 aliphatic heterocycles. The highest BCUT2D eigenvalue weighted by Gasteiger charge is 2.25. The number of hydrogen-bond donors (Lipinski definition) is 2. The Morgan fingerprint density at radius 3 is 2.18 bits per heavy atom. The highest BCUT2D eigenvalue weighted by Crippen LogP contribution is 2.43. The fourth-order valence-electron chi connectivity index (χ4n) is 3.45. The number of halogens is 1. The normalized spacial score (nSPS) is 11.5. The summed E-state index contributed by atoms with van der Waals surface area (Å²) in [4.78, 5) is 11.2. The third-order valence-corrected chi connectivity index (χ3v) is 6.32. The Bertz CT molecular complexity index is 1280. The molecule has 0 spiro atoms. The van der Waals surface area contributed by atoms with Crippen LogP contribution in [0.1, 0.15) is 16.5 Å². The average Bonchev–Trinajstić information content (AvgIpc) is 3.21. The summed E-state index contributed by atoms with van der Waals surface area (Å²) in [6, 6.07) is 28.6. The highest BCUT2D eigenvalue weighted by molar-refractivity contribution is 8.00. The number of carboxylic acid groups (broad SMARTS) is 1. The van der Waals surface area contributed by atoms with E-state index in [-0.39, 0.29) is 11.6 Å². The summed E-state index contributed by atoms with van der Waals surface area (Å²) in [5.41, 5.74) is 3.54. The number of carboxylic acids is 1. The summed E-state index contributed by atoms with van der Waals surface area (Å²) in [6.07, 6.45) is 0. The number of nitrogens with zero attached hydrogens (tertiary/aromatic N) is 1. The van der Waals surface area contributed by atoms with Crippen LogP contribution in [0.5, 0.6) is 0 Å². The van der Waals surface area contributed by atoms with Crippen LogP contribution in [-0.4, -0.2) is 16.8 Å². The molecule has 1 heterocycles. The molecule has 0 amide bonds. The van der Waals surface area contributed by atoms with E-state index in [1.165, 1.54) is 11.8 Å². The molecule has 4 rings (SSSR count). The zero-order valence-corrected chi connectivity index (χ0v) is 18.9. The van der Waals surface area contributed by atoms with E-state index in [9.17, 15) is 15.2 Å². The smallest absolute Gasteiger partial charge is 0.313 e. The van der Waals surface area contributed by atoms with Crippen molar-refractivity contribution in [1.29, 1.82) is 5.26 Å². The number of hydrogen-bond acceptors (Lipinski definition) is 5. The summed E-state index contributed by atoms with van der Waals surface area (Å²) in [5, 5.41) is 22.7. The predicted octanol–water partition coefficient (Wildman–Crippen LogP) is 7.07. The maximum Gasteiger partial charge on any atom is 0.313 e. The molecule has 0 saturated heterocycles. The van der Waals surface area contributed by atoms with Crippen LogP contribution in [0.3, 0.4) is 0 Å². The fourth-order valence-corrected chi connectivity index (χ4v) is 4.42. The van der Waals surface area contributed by atoms with Gasteiger partial charge < -0.3 is 14.8 Å². The molecule has 0 fully saturated rings. The van der Waals surface area contributed by atoms with Crippen molar-refractivity contribution in [1.82, 2.24) is 0 Å². The van der Waals surface area contributed by atoms with Gasteiger partial charge in [0.25, 0.3) is 0 Å². The van der Waals surface area contributed by atoms with Gasteiger partial charge in [-0.05, 0) is 23.3 Å². The second kappa shape index (κ2) is 10.3. The van der Waals surface area contributed by atoms with E-state index < -0.39 is 11.3 Å². The first kappa shape index (κ1) is 22.5. The topological polar surface area (TPSA) is 86.3 Å². The Morgan fingerprint density at radius 2 is 1.61 bits per heavy atom. The molecule has 5 nitrogen and oxygen atoms in total. The van der Waals surface area contributed by atoms with E-state index in [1.54, 1.807) is 12.1 Å². The summed E-state index contributed by atoms with van der Waals surface area (Å²) in [6.45, 7) is 0. The van der Waals surface area contributed by atoms with Gasteiger partial charge in [0, 0.05) is 16.1 Å². The Labute approximate surface area is 200 Å². The van der Waals surface area contributed by atoms with E-state index in [4.69, 9.17) is 16.0 Å². The maximum atomic E-state index is 11.2. The van der Waals surface area contributed by atoms with Crippen molar-refractivity contribution in [2.45, 2.75) is 5.37 Å². The Hall–Kier alpha value is -3.66. The van der Waals surface area contributed by atoms with Gasteiger partial charge in [0.1, 0.15) is 22.8 Å². The van der Waals surface area contributed by atoms with Gasteiger partial charge in [0.05, 0.1) is 5.75 Å². The molecule has 164 valence electrons. The second-order valence-corrected chi connectivity index (χ2v) is 8.66. The number of aliphatic carboxylic acids is 1. The van der Waals surface area contributed by atoms with E-state index in [2.05, 4.69) is 11.4 Å². The number of nitrogens with one attached hydrogen (secondary N) is 1. The molecular formula is C26H19ClN2O3S. The SMILES string of the molecule is N#Cc1c(N[C@H](SCC(=O)O)c2ccc(Cl)cc2)oc(-c2ccccc2)c1-c1ccccc1. The number of benzene rings is 3. The van der Waals surface area contributed by atoms with Crippen molar-refractivity contribution in [2.24, 2.45) is 0 Å². The molecule has 0 aliphatic carbocycles. The number of furan rings is 1. The molecule has 1 aromatic heterocycles. The van der Waals surface area contributed by atoms with Crippen LogP contribution in [0.15, 0.2) is 89.3 Å². The molecule has 0 aliphatic rings. The van der Waals surface area contributed by atoms with Crippen LogP contribution in [0.4, 0.5) is 5.88 Å². The van der Waals surface area contributed by atoms with Crippen molar-refractivity contribution in [3.8, 4) is 28.5 Å². The predicted molar refractivity (Wildman–Crippen MR) is 132 cm³/mol. The van der Waals surface area contributed by atoms with E-state index in [0.29, 0.717) is 21.9 Å². The highest BCUT2D eigenvalue weighted by atomic mass is 35.5. The molecule has 2 N–H and O–H groups in total. The molecule has 4 aromatic rings. The number of carbonyl (C=O) groups is 1. The van der Waals surface area contributed by atoms with Gasteiger partial charge in [0.2, 0.25) is 5.88 Å². The van der Waals surface area contributed by atoms with Crippen LogP contribution in [0, 0.1) is 11.3 Å². The van der Waals surface area contributed by atoms with Gasteiger partial charge in [-0.1, -0.05) is 84.4 Å². The van der Waals surface area contributed by atoms with Gasteiger partial charge in [-0.2, -0.15) is 5.26 Å². The first-order valence-corrected chi connectivity index (χ1v) is 11.5. The van der Waals surface area contributed by atoms with Crippen molar-refractivity contribution >= 4 is 35.2 Å². The van der Waals surface area contributed by atoms with Crippen LogP contribution >= 0.6 is 23.4 Å². The number of anilines is 1. The van der Waals surface area contributed by atoms with Crippen molar-refractivity contribution < 1.29 is 14.3 Å². The third kappa shape index (κ3) is 5.23. The zero-order chi connectivity index (χ0) is 23.2. The van der Waals surface area contributed by atoms with Crippen molar-refractivity contribution in [2.75, 3.05) is 11.1 Å². The van der Waals surface area contributed by atoms with E-state index >= 15 is 0 Å².